The fourth-order valence-corrected chi connectivity index (χ4v) is 4.08. The number of aliphatic hydroxyl groups excluding tert-OH is 3. The van der Waals surface area contributed by atoms with E-state index in [9.17, 15) is 20.1 Å². The van der Waals surface area contributed by atoms with Crippen molar-refractivity contribution in [3.05, 3.63) is 60.2 Å². The molecule has 1 aromatic rings. The number of hydrogen-bond donors (Lipinski definition) is 3. The maximum Gasteiger partial charge on any atom is 0.306 e. The average Bonchev–Trinajstić information content (AvgIpc) is 3.00. The third-order valence-electron chi connectivity index (χ3n) is 5.74. The van der Waals surface area contributed by atoms with E-state index in [4.69, 9.17) is 4.74 Å². The number of hydrogen-bond acceptors (Lipinski definition) is 5. The lowest BCUT2D eigenvalue weighted by atomic mass is 9.89. The fraction of sp³-hybridized carbons (Fsp3) is 0.577. The number of rotatable bonds is 12. The van der Waals surface area contributed by atoms with E-state index < -0.39 is 18.3 Å². The van der Waals surface area contributed by atoms with Gasteiger partial charge in [0.05, 0.1) is 24.4 Å². The molecule has 0 unspecified atom stereocenters. The largest absolute Gasteiger partial charge is 0.463 e. The lowest BCUT2D eigenvalue weighted by molar-refractivity contribution is -0.147. The second kappa shape index (κ2) is 13.5. The first-order chi connectivity index (χ1) is 14.9. The molecule has 2 rings (SSSR count). The zero-order chi connectivity index (χ0) is 22.6. The van der Waals surface area contributed by atoms with E-state index >= 15 is 0 Å². The van der Waals surface area contributed by atoms with Crippen LogP contribution in [0.2, 0.25) is 0 Å². The van der Waals surface area contributed by atoms with E-state index in [-0.39, 0.29) is 23.9 Å². The third-order valence-corrected chi connectivity index (χ3v) is 5.74. The molecule has 5 nitrogen and oxygen atoms in total. The molecular weight excluding hydrogens is 392 g/mol. The summed E-state index contributed by atoms with van der Waals surface area (Å²) in [5.41, 5.74) is 1.19. The van der Waals surface area contributed by atoms with Gasteiger partial charge in [0, 0.05) is 18.8 Å². The minimum absolute atomic E-state index is 0.0743. The number of carbonyl (C=O) groups is 1. The smallest absolute Gasteiger partial charge is 0.306 e. The molecule has 1 aliphatic rings. The Balaban J connectivity index is 1.77. The number of ether oxygens (including phenoxy) is 1. The van der Waals surface area contributed by atoms with E-state index in [0.29, 0.717) is 25.7 Å². The number of esters is 1. The summed E-state index contributed by atoms with van der Waals surface area (Å²) in [4.78, 5) is 11.5. The molecule has 0 bridgehead atoms. The van der Waals surface area contributed by atoms with Crippen molar-refractivity contribution < 1.29 is 24.9 Å². The molecule has 5 heteroatoms. The second-order valence-electron chi connectivity index (χ2n) is 8.73. The Kier molecular flexibility index (Phi) is 11.0. The molecule has 0 radical (unpaired) electrons. The third kappa shape index (κ3) is 9.38. The quantitative estimate of drug-likeness (QED) is 0.265. The summed E-state index contributed by atoms with van der Waals surface area (Å²) >= 11 is 0. The first kappa shape index (κ1) is 25.3. The Morgan fingerprint density at radius 2 is 1.90 bits per heavy atom. The van der Waals surface area contributed by atoms with Crippen LogP contribution in [0.15, 0.2) is 54.6 Å². The van der Waals surface area contributed by atoms with Gasteiger partial charge in [0.25, 0.3) is 0 Å². The maximum absolute atomic E-state index is 11.5. The van der Waals surface area contributed by atoms with Gasteiger partial charge in [-0.2, -0.15) is 0 Å². The van der Waals surface area contributed by atoms with Crippen LogP contribution in [-0.2, 0) is 16.0 Å². The van der Waals surface area contributed by atoms with Crippen molar-refractivity contribution in [1.82, 2.24) is 0 Å². The van der Waals surface area contributed by atoms with E-state index in [0.717, 1.165) is 19.3 Å². The fourth-order valence-electron chi connectivity index (χ4n) is 4.08. The molecule has 31 heavy (non-hydrogen) atoms. The zero-order valence-electron chi connectivity index (χ0n) is 18.8. The van der Waals surface area contributed by atoms with Crippen LogP contribution in [0.1, 0.15) is 57.9 Å². The molecule has 1 aliphatic carbocycles. The van der Waals surface area contributed by atoms with Gasteiger partial charge in [-0.05, 0) is 57.4 Å². The van der Waals surface area contributed by atoms with E-state index in [1.54, 1.807) is 6.08 Å². The van der Waals surface area contributed by atoms with Gasteiger partial charge in [0.1, 0.15) is 0 Å². The zero-order valence-corrected chi connectivity index (χ0v) is 18.8. The molecule has 1 saturated carbocycles. The van der Waals surface area contributed by atoms with Crippen LogP contribution >= 0.6 is 0 Å². The van der Waals surface area contributed by atoms with Crippen LogP contribution in [0.3, 0.4) is 0 Å². The highest BCUT2D eigenvalue weighted by molar-refractivity contribution is 5.69. The highest BCUT2D eigenvalue weighted by Crippen LogP contribution is 2.36. The summed E-state index contributed by atoms with van der Waals surface area (Å²) in [5, 5.41) is 31.0. The molecular formula is C26H38O5. The number of aryl methyl sites for hydroxylation is 1. The molecule has 0 spiro atoms. The summed E-state index contributed by atoms with van der Waals surface area (Å²) in [6.07, 6.45) is 10.2. The number of aliphatic hydroxyl groups is 3. The van der Waals surface area contributed by atoms with Gasteiger partial charge < -0.3 is 20.1 Å². The van der Waals surface area contributed by atoms with Crippen molar-refractivity contribution >= 4 is 5.97 Å². The lowest BCUT2D eigenvalue weighted by Gasteiger charge is -2.19. The van der Waals surface area contributed by atoms with Crippen molar-refractivity contribution in [1.29, 1.82) is 0 Å². The Hall–Kier alpha value is -1.95. The first-order valence-corrected chi connectivity index (χ1v) is 11.5. The van der Waals surface area contributed by atoms with Crippen LogP contribution < -0.4 is 0 Å². The Labute approximate surface area is 186 Å². The highest BCUT2D eigenvalue weighted by atomic mass is 16.5. The van der Waals surface area contributed by atoms with Gasteiger partial charge in [-0.25, -0.2) is 0 Å². The van der Waals surface area contributed by atoms with Gasteiger partial charge in [-0.15, -0.1) is 0 Å². The molecule has 1 aromatic carbocycles. The molecule has 0 saturated heterocycles. The molecule has 0 amide bonds. The summed E-state index contributed by atoms with van der Waals surface area (Å²) in [6.45, 7) is 3.68. The minimum atomic E-state index is -0.600. The number of unbranched alkanes of at least 4 members (excludes halogenated alkanes) is 1. The lowest BCUT2D eigenvalue weighted by Crippen LogP contribution is -2.20. The van der Waals surface area contributed by atoms with E-state index in [1.165, 1.54) is 5.56 Å². The highest BCUT2D eigenvalue weighted by Gasteiger charge is 2.39. The predicted molar refractivity (Wildman–Crippen MR) is 122 cm³/mol. The normalized spacial score (nSPS) is 25.0. The van der Waals surface area contributed by atoms with Gasteiger partial charge in [-0.1, -0.05) is 54.6 Å². The topological polar surface area (TPSA) is 87.0 Å². The number of benzene rings is 1. The maximum atomic E-state index is 11.5. The van der Waals surface area contributed by atoms with E-state index in [1.807, 2.05) is 62.4 Å². The summed E-state index contributed by atoms with van der Waals surface area (Å²) in [7, 11) is 0. The van der Waals surface area contributed by atoms with Crippen LogP contribution in [0.5, 0.6) is 0 Å². The first-order valence-electron chi connectivity index (χ1n) is 11.5. The van der Waals surface area contributed by atoms with Gasteiger partial charge in [0.15, 0.2) is 0 Å². The standard InChI is InChI=1S/C26H38O5/c1-19(2)31-26(30)13-9-4-3-8-12-22-23(25(29)18-24(22)28)17-16-21(27)15-14-20-10-6-5-7-11-20/h3,5-8,10-11,16-17,19,21-25,27-29H,4,9,12-15,18H2,1-2H3/b8-3-,17-16+/t21-,22-,23-,24+,25-/m1/s1. The molecule has 0 aliphatic heterocycles. The van der Waals surface area contributed by atoms with Crippen molar-refractivity contribution in [3.63, 3.8) is 0 Å². The van der Waals surface area contributed by atoms with Crippen LogP contribution in [0.4, 0.5) is 0 Å². The van der Waals surface area contributed by atoms with Crippen molar-refractivity contribution in [2.75, 3.05) is 0 Å². The van der Waals surface area contributed by atoms with Crippen molar-refractivity contribution in [2.24, 2.45) is 11.8 Å². The second-order valence-corrected chi connectivity index (χ2v) is 8.73. The molecule has 172 valence electrons. The molecule has 3 N–H and O–H groups in total. The van der Waals surface area contributed by atoms with Crippen LogP contribution in [-0.4, -0.2) is 45.7 Å². The van der Waals surface area contributed by atoms with Gasteiger partial charge in [-0.3, -0.25) is 4.79 Å². The monoisotopic (exact) mass is 430 g/mol. The summed E-state index contributed by atoms with van der Waals surface area (Å²) in [6, 6.07) is 10.0. The average molecular weight is 431 g/mol. The van der Waals surface area contributed by atoms with E-state index in [2.05, 4.69) is 0 Å². The summed E-state index contributed by atoms with van der Waals surface area (Å²) < 4.78 is 5.11. The minimum Gasteiger partial charge on any atom is -0.463 e. The SMILES string of the molecule is CC(C)OC(=O)CCC/C=C\C[C@@H]1[C@@H](/C=C/[C@H](O)CCc2ccccc2)[C@H](O)C[C@@H]1O. The Morgan fingerprint density at radius 3 is 2.61 bits per heavy atom. The molecule has 1 fully saturated rings. The molecule has 0 aromatic heterocycles. The Morgan fingerprint density at radius 1 is 1.16 bits per heavy atom. The summed E-state index contributed by atoms with van der Waals surface area (Å²) in [5.74, 6) is -0.421. The van der Waals surface area contributed by atoms with Crippen LogP contribution in [0.25, 0.3) is 0 Å². The van der Waals surface area contributed by atoms with Crippen molar-refractivity contribution in [2.45, 2.75) is 83.2 Å². The van der Waals surface area contributed by atoms with Gasteiger partial charge in [0.2, 0.25) is 0 Å². The molecule has 0 heterocycles. The van der Waals surface area contributed by atoms with Gasteiger partial charge >= 0.3 is 5.97 Å². The predicted octanol–water partition coefficient (Wildman–Crippen LogP) is 3.96. The number of allylic oxidation sites excluding steroid dienone is 2. The molecule has 5 atom stereocenters. The number of carbonyl (C=O) groups excluding carboxylic acids is 1. The van der Waals surface area contributed by atoms with Crippen LogP contribution in [0, 0.1) is 11.8 Å². The van der Waals surface area contributed by atoms with Crippen molar-refractivity contribution in [3.8, 4) is 0 Å². The Bertz CT molecular complexity index is 697.